The molecule has 2 aromatic carbocycles. The van der Waals surface area contributed by atoms with Gasteiger partial charge in [0.1, 0.15) is 23.6 Å². The molecule has 4 aromatic rings. The molecule has 0 aliphatic carbocycles. The predicted molar refractivity (Wildman–Crippen MR) is 154 cm³/mol. The fourth-order valence-electron chi connectivity index (χ4n) is 5.64. The summed E-state index contributed by atoms with van der Waals surface area (Å²) in [5, 5.41) is 0.871. The number of fused-ring (bicyclic) bond motifs is 1. The third kappa shape index (κ3) is 5.29. The number of nitrogens with one attached hydrogen (secondary N) is 1. The van der Waals surface area contributed by atoms with Crippen LogP contribution in [0.5, 0.6) is 11.5 Å². The average molecular weight is 529 g/mol. The number of hydrogen-bond acceptors (Lipinski definition) is 5. The van der Waals surface area contributed by atoms with E-state index in [1.54, 1.807) is 31.8 Å². The zero-order valence-electron chi connectivity index (χ0n) is 23.2. The fourth-order valence-corrected chi connectivity index (χ4v) is 5.64. The molecule has 5 rings (SSSR count). The number of aromatic nitrogens is 2. The molecule has 0 radical (unpaired) electrons. The number of nitrogens with zero attached hydrogens (tertiary/aromatic N) is 3. The molecule has 0 spiro atoms. The lowest BCUT2D eigenvalue weighted by atomic mass is 9.98. The van der Waals surface area contributed by atoms with Crippen molar-refractivity contribution >= 4 is 16.8 Å². The van der Waals surface area contributed by atoms with E-state index in [-0.39, 0.29) is 11.5 Å². The van der Waals surface area contributed by atoms with Crippen LogP contribution in [0.1, 0.15) is 20.8 Å². The number of ether oxygens (including phenoxy) is 2. The van der Waals surface area contributed by atoms with Gasteiger partial charge >= 0.3 is 0 Å². The van der Waals surface area contributed by atoms with Crippen LogP contribution in [0.4, 0.5) is 0 Å². The lowest BCUT2D eigenvalue weighted by Gasteiger charge is -2.44. The second kappa shape index (κ2) is 11.0. The van der Waals surface area contributed by atoms with Crippen LogP contribution in [0, 0.1) is 0 Å². The molecule has 1 amide bonds. The number of aryl methyl sites for hydroxylation is 1. The zero-order chi connectivity index (χ0) is 27.7. The second-order valence-corrected chi connectivity index (χ2v) is 10.4. The molecule has 0 unspecified atom stereocenters. The average Bonchev–Trinajstić information content (AvgIpc) is 3.42. The van der Waals surface area contributed by atoms with Crippen LogP contribution in [0.15, 0.2) is 65.7 Å². The van der Waals surface area contributed by atoms with E-state index in [9.17, 15) is 9.59 Å². The first kappa shape index (κ1) is 26.6. The molecule has 1 aliphatic rings. The van der Waals surface area contributed by atoms with E-state index >= 15 is 0 Å². The number of piperazine rings is 1. The first-order chi connectivity index (χ1) is 18.8. The number of carbonyl (C=O) groups excluding carboxylic acids is 1. The number of pyridine rings is 1. The van der Waals surface area contributed by atoms with Gasteiger partial charge in [-0.05, 0) is 55.3 Å². The Morgan fingerprint density at radius 1 is 1.00 bits per heavy atom. The van der Waals surface area contributed by atoms with Crippen molar-refractivity contribution in [2.24, 2.45) is 7.05 Å². The monoisotopic (exact) mass is 528 g/mol. The van der Waals surface area contributed by atoms with E-state index in [1.165, 1.54) is 0 Å². The number of H-pyrrole nitrogens is 1. The molecule has 3 heterocycles. The summed E-state index contributed by atoms with van der Waals surface area (Å²) in [5.41, 5.74) is 4.47. The highest BCUT2D eigenvalue weighted by Crippen LogP contribution is 2.37. The number of aromatic amines is 1. The molecule has 2 atom stereocenters. The van der Waals surface area contributed by atoms with Gasteiger partial charge in [-0.2, -0.15) is 0 Å². The van der Waals surface area contributed by atoms with Gasteiger partial charge in [0.15, 0.2) is 0 Å². The van der Waals surface area contributed by atoms with Crippen molar-refractivity contribution in [3.05, 3.63) is 71.3 Å². The molecule has 204 valence electrons. The number of methoxy groups -OCH3 is 1. The van der Waals surface area contributed by atoms with Crippen molar-refractivity contribution in [1.29, 1.82) is 0 Å². The minimum atomic E-state index is -0.0591. The molecule has 8 nitrogen and oxygen atoms in total. The Morgan fingerprint density at radius 2 is 1.69 bits per heavy atom. The van der Waals surface area contributed by atoms with Gasteiger partial charge in [-0.25, -0.2) is 0 Å². The Bertz CT molecular complexity index is 1530. The highest BCUT2D eigenvalue weighted by molar-refractivity contribution is 5.96. The van der Waals surface area contributed by atoms with Crippen molar-refractivity contribution in [3.8, 4) is 33.8 Å². The molecule has 0 bridgehead atoms. The highest BCUT2D eigenvalue weighted by atomic mass is 16.5. The molecule has 2 aromatic heterocycles. The van der Waals surface area contributed by atoms with Crippen LogP contribution in [-0.4, -0.2) is 70.7 Å². The summed E-state index contributed by atoms with van der Waals surface area (Å²) in [5.74, 6) is 1.70. The Morgan fingerprint density at radius 3 is 2.36 bits per heavy atom. The smallest absolute Gasteiger partial charge is 0.274 e. The maximum Gasteiger partial charge on any atom is 0.274 e. The van der Waals surface area contributed by atoms with Crippen LogP contribution in [0.3, 0.4) is 0 Å². The summed E-state index contributed by atoms with van der Waals surface area (Å²) >= 11 is 0. The summed E-state index contributed by atoms with van der Waals surface area (Å²) < 4.78 is 13.4. The Hall–Kier alpha value is -4.04. The van der Waals surface area contributed by atoms with E-state index < -0.39 is 0 Å². The van der Waals surface area contributed by atoms with Gasteiger partial charge in [-0.3, -0.25) is 14.5 Å². The number of benzene rings is 2. The van der Waals surface area contributed by atoms with Crippen LogP contribution in [-0.2, 0) is 11.8 Å². The van der Waals surface area contributed by atoms with Gasteiger partial charge < -0.3 is 23.9 Å². The fraction of sp³-hybridized carbons (Fsp3) is 0.355. The van der Waals surface area contributed by atoms with Gasteiger partial charge in [0.25, 0.3) is 5.56 Å². The number of amides is 1. The van der Waals surface area contributed by atoms with E-state index in [2.05, 4.69) is 41.9 Å². The van der Waals surface area contributed by atoms with Gasteiger partial charge in [-0.1, -0.05) is 18.2 Å². The molecular weight excluding hydrogens is 492 g/mol. The predicted octanol–water partition coefficient (Wildman–Crippen LogP) is 4.53. The van der Waals surface area contributed by atoms with Crippen molar-refractivity contribution < 1.29 is 14.3 Å². The summed E-state index contributed by atoms with van der Waals surface area (Å²) in [6, 6.07) is 16.8. The lowest BCUT2D eigenvalue weighted by molar-refractivity contribution is -0.133. The first-order valence-electron chi connectivity index (χ1n) is 13.4. The standard InChI is InChI=1S/C31H36N4O4/c1-20-17-34(22(3)36)18-21(2)35(20)14-15-39-25-9-6-23(7-10-25)24-8-11-26(29(16-24)38-5)28-19-33(4)31(37)30-27(28)12-13-32-30/h6-13,16,19-21,32H,14-15,17-18H2,1-5H3/t20-,21+. The molecule has 8 heteroatoms. The van der Waals surface area contributed by atoms with Crippen molar-refractivity contribution in [2.75, 3.05) is 33.4 Å². The molecule has 1 saturated heterocycles. The van der Waals surface area contributed by atoms with Crippen LogP contribution in [0.2, 0.25) is 0 Å². The normalized spacial score (nSPS) is 17.9. The van der Waals surface area contributed by atoms with Crippen molar-refractivity contribution in [2.45, 2.75) is 32.9 Å². The van der Waals surface area contributed by atoms with Gasteiger partial charge in [-0.15, -0.1) is 0 Å². The Kier molecular flexibility index (Phi) is 7.48. The van der Waals surface area contributed by atoms with Crippen LogP contribution >= 0.6 is 0 Å². The minimum Gasteiger partial charge on any atom is -0.496 e. The number of hydrogen-bond donors (Lipinski definition) is 1. The molecule has 1 N–H and O–H groups in total. The topological polar surface area (TPSA) is 79.8 Å². The quantitative estimate of drug-likeness (QED) is 0.381. The maximum absolute atomic E-state index is 12.5. The molecular formula is C31H36N4O4. The second-order valence-electron chi connectivity index (χ2n) is 10.4. The third-order valence-corrected chi connectivity index (χ3v) is 7.74. The minimum absolute atomic E-state index is 0.0591. The van der Waals surface area contributed by atoms with E-state index in [0.29, 0.717) is 24.2 Å². The highest BCUT2D eigenvalue weighted by Gasteiger charge is 2.30. The van der Waals surface area contributed by atoms with Crippen molar-refractivity contribution in [1.82, 2.24) is 19.4 Å². The van der Waals surface area contributed by atoms with E-state index in [4.69, 9.17) is 9.47 Å². The number of carbonyl (C=O) groups is 1. The summed E-state index contributed by atoms with van der Waals surface area (Å²) in [6.07, 6.45) is 3.64. The summed E-state index contributed by atoms with van der Waals surface area (Å²) in [4.78, 5) is 31.6. The zero-order valence-corrected chi connectivity index (χ0v) is 23.2. The van der Waals surface area contributed by atoms with E-state index in [0.717, 1.165) is 58.8 Å². The van der Waals surface area contributed by atoms with Gasteiger partial charge in [0, 0.05) is 74.6 Å². The number of rotatable bonds is 7. The SMILES string of the molecule is COc1cc(-c2ccc(OCCN3[C@H](C)CN(C(C)=O)C[C@@H]3C)cc2)ccc1-c1cn(C)c(=O)c2[nH]ccc12. The van der Waals surface area contributed by atoms with Crippen LogP contribution < -0.4 is 15.0 Å². The first-order valence-corrected chi connectivity index (χ1v) is 13.4. The molecule has 1 aliphatic heterocycles. The van der Waals surface area contributed by atoms with Gasteiger partial charge in [0.05, 0.1) is 7.11 Å². The Balaban J connectivity index is 1.28. The summed E-state index contributed by atoms with van der Waals surface area (Å²) in [6.45, 7) is 8.89. The summed E-state index contributed by atoms with van der Waals surface area (Å²) in [7, 11) is 3.42. The Labute approximate surface area is 228 Å². The third-order valence-electron chi connectivity index (χ3n) is 7.74. The lowest BCUT2D eigenvalue weighted by Crippen LogP contribution is -2.58. The molecule has 0 saturated carbocycles. The van der Waals surface area contributed by atoms with E-state index in [1.807, 2.05) is 41.4 Å². The van der Waals surface area contributed by atoms with Crippen molar-refractivity contribution in [3.63, 3.8) is 0 Å². The van der Waals surface area contributed by atoms with Crippen LogP contribution in [0.25, 0.3) is 33.2 Å². The van der Waals surface area contributed by atoms with Gasteiger partial charge in [0.2, 0.25) is 5.91 Å². The molecule has 39 heavy (non-hydrogen) atoms. The largest absolute Gasteiger partial charge is 0.496 e. The maximum atomic E-state index is 12.5. The molecule has 1 fully saturated rings.